The third-order valence-electron chi connectivity index (χ3n) is 1.25. The van der Waals surface area contributed by atoms with Crippen LogP contribution < -0.4 is 0 Å². The van der Waals surface area contributed by atoms with Crippen molar-refractivity contribution in [1.82, 2.24) is 0 Å². The molecule has 0 fully saturated rings. The zero-order chi connectivity index (χ0) is 8.43. The number of halogens is 3. The van der Waals surface area contributed by atoms with Crippen molar-refractivity contribution in [1.29, 1.82) is 0 Å². The molecule has 60 valence electrons. The molecular formula is C7H5Br2ClO. The van der Waals surface area contributed by atoms with Gasteiger partial charge in [0.2, 0.25) is 0 Å². The molecule has 0 aromatic heterocycles. The number of phenols is 1. The number of benzene rings is 1. The molecule has 4 heteroatoms. The van der Waals surface area contributed by atoms with Gasteiger partial charge in [0.05, 0.1) is 10.4 Å². The normalized spacial score (nSPS) is 10.1. The summed E-state index contributed by atoms with van der Waals surface area (Å²) in [5.41, 5.74) is 0.716. The molecule has 0 spiro atoms. The monoisotopic (exact) mass is 298 g/mol. The second-order valence-electron chi connectivity index (χ2n) is 2.03. The maximum Gasteiger partial charge on any atom is 0.134 e. The minimum absolute atomic E-state index is 0.211. The first-order valence-electron chi connectivity index (χ1n) is 2.88. The molecule has 0 bridgehead atoms. The van der Waals surface area contributed by atoms with Crippen molar-refractivity contribution in [2.75, 3.05) is 0 Å². The third kappa shape index (κ3) is 2.10. The maximum absolute atomic E-state index is 9.37. The van der Waals surface area contributed by atoms with E-state index in [1.807, 2.05) is 0 Å². The number of hydrogen-bond donors (Lipinski definition) is 1. The summed E-state index contributed by atoms with van der Waals surface area (Å²) in [5.74, 6) is 0.521. The molecule has 0 saturated heterocycles. The minimum Gasteiger partial charge on any atom is -0.506 e. The molecule has 0 heterocycles. The van der Waals surface area contributed by atoms with Gasteiger partial charge in [0.15, 0.2) is 0 Å². The smallest absolute Gasteiger partial charge is 0.134 e. The highest BCUT2D eigenvalue weighted by Gasteiger charge is 2.05. The fraction of sp³-hybridized carbons (Fsp3) is 0.143. The largest absolute Gasteiger partial charge is 0.506 e. The lowest BCUT2D eigenvalue weighted by Crippen LogP contribution is -1.80. The van der Waals surface area contributed by atoms with E-state index in [1.165, 1.54) is 0 Å². The molecule has 1 nitrogen and oxygen atoms in total. The standard InChI is InChI=1S/C7H5Br2ClO/c8-5-1-4(3-10)7(11)6(9)2-5/h1-2,11H,3H2. The van der Waals surface area contributed by atoms with E-state index in [9.17, 15) is 5.11 Å². The van der Waals surface area contributed by atoms with Crippen LogP contribution in [0.1, 0.15) is 5.56 Å². The molecule has 1 aromatic rings. The summed E-state index contributed by atoms with van der Waals surface area (Å²) >= 11 is 12.1. The van der Waals surface area contributed by atoms with Crippen LogP contribution in [0.15, 0.2) is 21.1 Å². The third-order valence-corrected chi connectivity index (χ3v) is 2.60. The highest BCUT2D eigenvalue weighted by atomic mass is 79.9. The number of hydrogen-bond acceptors (Lipinski definition) is 1. The molecule has 0 aliphatic rings. The Balaban J connectivity index is 3.24. The minimum atomic E-state index is 0.211. The van der Waals surface area contributed by atoms with Crippen LogP contribution in [0.25, 0.3) is 0 Å². The highest BCUT2D eigenvalue weighted by Crippen LogP contribution is 2.32. The van der Waals surface area contributed by atoms with Crippen molar-refractivity contribution in [3.8, 4) is 5.75 Å². The summed E-state index contributed by atoms with van der Waals surface area (Å²) in [5, 5.41) is 9.37. The summed E-state index contributed by atoms with van der Waals surface area (Å²) in [4.78, 5) is 0. The summed E-state index contributed by atoms with van der Waals surface area (Å²) in [7, 11) is 0. The number of phenolic OH excluding ortho intramolecular Hbond substituents is 1. The van der Waals surface area contributed by atoms with Crippen LogP contribution in [-0.4, -0.2) is 5.11 Å². The SMILES string of the molecule is Oc1c(Br)cc(Br)cc1CCl. The van der Waals surface area contributed by atoms with Gasteiger partial charge in [0, 0.05) is 10.0 Å². The van der Waals surface area contributed by atoms with Crippen LogP contribution in [-0.2, 0) is 5.88 Å². The highest BCUT2D eigenvalue weighted by molar-refractivity contribution is 9.11. The van der Waals surface area contributed by atoms with Crippen molar-refractivity contribution < 1.29 is 5.11 Å². The topological polar surface area (TPSA) is 20.2 Å². The molecule has 0 atom stereocenters. The first kappa shape index (κ1) is 9.36. The molecule has 1 N–H and O–H groups in total. The Labute approximate surface area is 86.6 Å². The molecule has 0 unspecified atom stereocenters. The molecular weight excluding hydrogens is 295 g/mol. The number of aromatic hydroxyl groups is 1. The van der Waals surface area contributed by atoms with E-state index in [2.05, 4.69) is 31.9 Å². The molecule has 1 aromatic carbocycles. The predicted octanol–water partition coefficient (Wildman–Crippen LogP) is 3.66. The van der Waals surface area contributed by atoms with E-state index in [0.29, 0.717) is 15.9 Å². The van der Waals surface area contributed by atoms with Gasteiger partial charge in [0.1, 0.15) is 5.75 Å². The van der Waals surface area contributed by atoms with Gasteiger partial charge in [-0.3, -0.25) is 0 Å². The lowest BCUT2D eigenvalue weighted by atomic mass is 10.2. The second-order valence-corrected chi connectivity index (χ2v) is 4.07. The molecule has 0 aliphatic carbocycles. The van der Waals surface area contributed by atoms with Gasteiger partial charge < -0.3 is 5.11 Å². The fourth-order valence-electron chi connectivity index (χ4n) is 0.721. The van der Waals surface area contributed by atoms with Gasteiger partial charge >= 0.3 is 0 Å². The molecule has 0 radical (unpaired) electrons. The second kappa shape index (κ2) is 3.78. The summed E-state index contributed by atoms with van der Waals surface area (Å²) in [6.07, 6.45) is 0. The zero-order valence-electron chi connectivity index (χ0n) is 5.44. The van der Waals surface area contributed by atoms with Crippen LogP contribution in [0.2, 0.25) is 0 Å². The molecule has 11 heavy (non-hydrogen) atoms. The Kier molecular flexibility index (Phi) is 3.22. The fourth-order valence-corrected chi connectivity index (χ4v) is 2.24. The number of alkyl halides is 1. The molecule has 0 aliphatic heterocycles. The van der Waals surface area contributed by atoms with Crippen molar-refractivity contribution in [3.05, 3.63) is 26.6 Å². The van der Waals surface area contributed by atoms with Crippen molar-refractivity contribution in [2.24, 2.45) is 0 Å². The first-order valence-corrected chi connectivity index (χ1v) is 5.00. The average Bonchev–Trinajstić information content (AvgIpc) is 1.96. The van der Waals surface area contributed by atoms with Crippen LogP contribution in [0.5, 0.6) is 5.75 Å². The Bertz CT molecular complexity index is 275. The Morgan fingerprint density at radius 2 is 2.00 bits per heavy atom. The van der Waals surface area contributed by atoms with E-state index in [-0.39, 0.29) is 5.75 Å². The van der Waals surface area contributed by atoms with Gasteiger partial charge in [-0.2, -0.15) is 0 Å². The summed E-state index contributed by atoms with van der Waals surface area (Å²) < 4.78 is 1.56. The summed E-state index contributed by atoms with van der Waals surface area (Å²) in [6.45, 7) is 0. The quantitative estimate of drug-likeness (QED) is 0.785. The van der Waals surface area contributed by atoms with E-state index in [1.54, 1.807) is 12.1 Å². The van der Waals surface area contributed by atoms with Gasteiger partial charge in [-0.1, -0.05) is 15.9 Å². The Morgan fingerprint density at radius 3 is 2.55 bits per heavy atom. The first-order chi connectivity index (χ1) is 5.15. The van der Waals surface area contributed by atoms with Crippen molar-refractivity contribution in [3.63, 3.8) is 0 Å². The zero-order valence-corrected chi connectivity index (χ0v) is 9.37. The van der Waals surface area contributed by atoms with Crippen LogP contribution >= 0.6 is 43.5 Å². The lowest BCUT2D eigenvalue weighted by molar-refractivity contribution is 0.467. The van der Waals surface area contributed by atoms with E-state index >= 15 is 0 Å². The molecule has 0 amide bonds. The molecule has 0 saturated carbocycles. The predicted molar refractivity (Wildman–Crippen MR) is 53.1 cm³/mol. The average molecular weight is 300 g/mol. The Hall–Kier alpha value is 0.270. The van der Waals surface area contributed by atoms with Crippen LogP contribution in [0, 0.1) is 0 Å². The lowest BCUT2D eigenvalue weighted by Gasteiger charge is -2.03. The number of rotatable bonds is 1. The van der Waals surface area contributed by atoms with Gasteiger partial charge in [0.25, 0.3) is 0 Å². The van der Waals surface area contributed by atoms with Crippen LogP contribution in [0.3, 0.4) is 0 Å². The van der Waals surface area contributed by atoms with E-state index in [0.717, 1.165) is 4.47 Å². The van der Waals surface area contributed by atoms with Gasteiger partial charge in [-0.05, 0) is 28.1 Å². The van der Waals surface area contributed by atoms with Crippen molar-refractivity contribution >= 4 is 43.5 Å². The summed E-state index contributed by atoms with van der Waals surface area (Å²) in [6, 6.07) is 3.55. The van der Waals surface area contributed by atoms with E-state index < -0.39 is 0 Å². The maximum atomic E-state index is 9.37. The van der Waals surface area contributed by atoms with Crippen molar-refractivity contribution in [2.45, 2.75) is 5.88 Å². The molecule has 1 rings (SSSR count). The van der Waals surface area contributed by atoms with Gasteiger partial charge in [-0.25, -0.2) is 0 Å². The Morgan fingerprint density at radius 1 is 1.36 bits per heavy atom. The van der Waals surface area contributed by atoms with Crippen LogP contribution in [0.4, 0.5) is 0 Å². The van der Waals surface area contributed by atoms with E-state index in [4.69, 9.17) is 11.6 Å². The van der Waals surface area contributed by atoms with Gasteiger partial charge in [-0.15, -0.1) is 11.6 Å².